The number of hydrazine groups is 1. The number of hydrogen-bond donors (Lipinski definition) is 2. The van der Waals surface area contributed by atoms with E-state index in [0.717, 1.165) is 6.07 Å². The first-order chi connectivity index (χ1) is 9.39. The lowest BCUT2D eigenvalue weighted by Crippen LogP contribution is -2.44. The van der Waals surface area contributed by atoms with E-state index in [0.29, 0.717) is 24.8 Å². The molecule has 0 spiro atoms. The van der Waals surface area contributed by atoms with Gasteiger partial charge in [0, 0.05) is 24.9 Å². The third-order valence-corrected chi connectivity index (χ3v) is 3.92. The van der Waals surface area contributed by atoms with E-state index in [1.54, 1.807) is 0 Å². The molecule has 1 saturated carbocycles. The monoisotopic (exact) mass is 290 g/mol. The third-order valence-electron chi connectivity index (χ3n) is 3.92. The molecule has 2 nitrogen and oxygen atoms in total. The minimum absolute atomic E-state index is 0.00838. The van der Waals surface area contributed by atoms with E-state index in [2.05, 4.69) is 5.43 Å². The summed E-state index contributed by atoms with van der Waals surface area (Å²) >= 11 is 0. The standard InChI is InChI=1S/C14H18F4N2/c15-11-5-9(6-12(16)8-11)7-13(20-19)10-1-3-14(17,18)4-2-10/h5-6,8,10,13,20H,1-4,7,19H2. The number of nitrogens with one attached hydrogen (secondary N) is 1. The molecular formula is C14H18F4N2. The number of hydrogen-bond acceptors (Lipinski definition) is 2. The average Bonchev–Trinajstić information content (AvgIpc) is 2.35. The Morgan fingerprint density at radius 1 is 1.15 bits per heavy atom. The van der Waals surface area contributed by atoms with Crippen LogP contribution in [0.2, 0.25) is 0 Å². The van der Waals surface area contributed by atoms with Crippen molar-refractivity contribution in [3.8, 4) is 0 Å². The quantitative estimate of drug-likeness (QED) is 0.508. The van der Waals surface area contributed by atoms with Crippen molar-refractivity contribution >= 4 is 0 Å². The molecule has 1 aromatic rings. The van der Waals surface area contributed by atoms with Crippen molar-refractivity contribution in [2.75, 3.05) is 0 Å². The Balaban J connectivity index is 2.02. The summed E-state index contributed by atoms with van der Waals surface area (Å²) in [5.41, 5.74) is 3.07. The Bertz CT molecular complexity index is 434. The highest BCUT2D eigenvalue weighted by Crippen LogP contribution is 2.37. The van der Waals surface area contributed by atoms with Crippen molar-refractivity contribution in [1.82, 2.24) is 5.43 Å². The van der Waals surface area contributed by atoms with Gasteiger partial charge in [-0.1, -0.05) is 0 Å². The van der Waals surface area contributed by atoms with E-state index < -0.39 is 17.6 Å². The van der Waals surface area contributed by atoms with Crippen LogP contribution in [0.3, 0.4) is 0 Å². The Morgan fingerprint density at radius 2 is 1.70 bits per heavy atom. The Hall–Kier alpha value is -1.14. The zero-order valence-corrected chi connectivity index (χ0v) is 11.0. The van der Waals surface area contributed by atoms with Gasteiger partial charge >= 0.3 is 0 Å². The van der Waals surface area contributed by atoms with E-state index in [-0.39, 0.29) is 24.8 Å². The molecule has 3 N–H and O–H groups in total. The molecule has 0 radical (unpaired) electrons. The summed E-state index contributed by atoms with van der Waals surface area (Å²) in [6.45, 7) is 0. The normalized spacial score (nSPS) is 20.9. The molecule has 2 rings (SSSR count). The molecule has 1 aliphatic carbocycles. The van der Waals surface area contributed by atoms with Crippen LogP contribution < -0.4 is 11.3 Å². The summed E-state index contributed by atoms with van der Waals surface area (Å²) in [5, 5.41) is 0. The van der Waals surface area contributed by atoms with Crippen LogP contribution in [-0.2, 0) is 6.42 Å². The minimum atomic E-state index is -2.60. The molecule has 1 unspecified atom stereocenters. The molecule has 20 heavy (non-hydrogen) atoms. The number of halogens is 4. The maximum atomic E-state index is 13.1. The van der Waals surface area contributed by atoms with Gasteiger partial charge in [-0.05, 0) is 42.9 Å². The van der Waals surface area contributed by atoms with Gasteiger partial charge in [-0.15, -0.1) is 0 Å². The van der Waals surface area contributed by atoms with Gasteiger partial charge in [0.15, 0.2) is 0 Å². The van der Waals surface area contributed by atoms with Gasteiger partial charge in [0.2, 0.25) is 5.92 Å². The van der Waals surface area contributed by atoms with Crippen LogP contribution in [0.5, 0.6) is 0 Å². The Morgan fingerprint density at radius 3 is 2.20 bits per heavy atom. The van der Waals surface area contributed by atoms with E-state index in [1.807, 2.05) is 0 Å². The second-order valence-corrected chi connectivity index (χ2v) is 5.45. The predicted molar refractivity (Wildman–Crippen MR) is 68.1 cm³/mol. The van der Waals surface area contributed by atoms with Crippen LogP contribution in [-0.4, -0.2) is 12.0 Å². The fourth-order valence-corrected chi connectivity index (χ4v) is 2.81. The fourth-order valence-electron chi connectivity index (χ4n) is 2.81. The van der Waals surface area contributed by atoms with Gasteiger partial charge in [0.25, 0.3) is 0 Å². The van der Waals surface area contributed by atoms with Crippen LogP contribution in [0.25, 0.3) is 0 Å². The zero-order valence-electron chi connectivity index (χ0n) is 11.0. The predicted octanol–water partition coefficient (Wildman–Crippen LogP) is 3.16. The molecule has 0 amide bonds. The highest BCUT2D eigenvalue weighted by Gasteiger charge is 2.37. The minimum Gasteiger partial charge on any atom is -0.271 e. The molecule has 0 aliphatic heterocycles. The smallest absolute Gasteiger partial charge is 0.248 e. The molecule has 112 valence electrons. The van der Waals surface area contributed by atoms with Crippen molar-refractivity contribution < 1.29 is 17.6 Å². The van der Waals surface area contributed by atoms with Crippen molar-refractivity contribution in [3.63, 3.8) is 0 Å². The number of benzene rings is 1. The summed E-state index contributed by atoms with van der Waals surface area (Å²) in [7, 11) is 0. The second kappa shape index (κ2) is 6.10. The topological polar surface area (TPSA) is 38.0 Å². The first-order valence-corrected chi connectivity index (χ1v) is 6.68. The summed E-state index contributed by atoms with van der Waals surface area (Å²) < 4.78 is 52.5. The molecule has 6 heteroatoms. The van der Waals surface area contributed by atoms with Gasteiger partial charge in [0.1, 0.15) is 11.6 Å². The van der Waals surface area contributed by atoms with Crippen molar-refractivity contribution in [2.45, 2.75) is 44.1 Å². The van der Waals surface area contributed by atoms with E-state index in [1.165, 1.54) is 12.1 Å². The SMILES string of the molecule is NNC(Cc1cc(F)cc(F)c1)C1CCC(F)(F)CC1. The second-order valence-electron chi connectivity index (χ2n) is 5.45. The number of nitrogens with two attached hydrogens (primary N) is 1. The summed E-state index contributed by atoms with van der Waals surface area (Å²) in [5.74, 6) is 1.57. The van der Waals surface area contributed by atoms with Crippen LogP contribution in [0, 0.1) is 17.6 Å². The molecule has 1 atom stereocenters. The fraction of sp³-hybridized carbons (Fsp3) is 0.571. The van der Waals surface area contributed by atoms with Gasteiger partial charge in [-0.25, -0.2) is 17.6 Å². The summed E-state index contributed by atoms with van der Waals surface area (Å²) in [6.07, 6.45) is 0.724. The van der Waals surface area contributed by atoms with Gasteiger partial charge in [-0.3, -0.25) is 11.3 Å². The zero-order chi connectivity index (χ0) is 14.8. The lowest BCUT2D eigenvalue weighted by Gasteiger charge is -2.33. The van der Waals surface area contributed by atoms with E-state index in [4.69, 9.17) is 5.84 Å². The van der Waals surface area contributed by atoms with Gasteiger partial charge in [-0.2, -0.15) is 0 Å². The molecule has 1 aromatic carbocycles. The first kappa shape index (κ1) is 15.3. The Labute approximate surface area is 115 Å². The molecule has 0 saturated heterocycles. The summed E-state index contributed by atoms with van der Waals surface area (Å²) in [6, 6.07) is 3.03. The lowest BCUT2D eigenvalue weighted by atomic mass is 9.80. The highest BCUT2D eigenvalue weighted by atomic mass is 19.3. The van der Waals surface area contributed by atoms with Gasteiger partial charge in [0.05, 0.1) is 0 Å². The Kier molecular flexibility index (Phi) is 4.65. The van der Waals surface area contributed by atoms with Crippen molar-refractivity contribution in [3.05, 3.63) is 35.4 Å². The first-order valence-electron chi connectivity index (χ1n) is 6.68. The van der Waals surface area contributed by atoms with Crippen molar-refractivity contribution in [2.24, 2.45) is 11.8 Å². The molecule has 0 heterocycles. The maximum absolute atomic E-state index is 13.1. The van der Waals surface area contributed by atoms with E-state index >= 15 is 0 Å². The van der Waals surface area contributed by atoms with Crippen LogP contribution in [0.15, 0.2) is 18.2 Å². The van der Waals surface area contributed by atoms with Crippen LogP contribution >= 0.6 is 0 Å². The van der Waals surface area contributed by atoms with Gasteiger partial charge < -0.3 is 0 Å². The largest absolute Gasteiger partial charge is 0.271 e. The maximum Gasteiger partial charge on any atom is 0.248 e. The lowest BCUT2D eigenvalue weighted by molar-refractivity contribution is -0.0495. The molecule has 1 aliphatic rings. The number of rotatable bonds is 4. The third kappa shape index (κ3) is 3.93. The average molecular weight is 290 g/mol. The molecule has 1 fully saturated rings. The van der Waals surface area contributed by atoms with Crippen LogP contribution in [0.4, 0.5) is 17.6 Å². The molecular weight excluding hydrogens is 272 g/mol. The highest BCUT2D eigenvalue weighted by molar-refractivity contribution is 5.19. The van der Waals surface area contributed by atoms with Crippen molar-refractivity contribution in [1.29, 1.82) is 0 Å². The molecule has 0 aromatic heterocycles. The summed E-state index contributed by atoms with van der Waals surface area (Å²) in [4.78, 5) is 0. The van der Waals surface area contributed by atoms with E-state index in [9.17, 15) is 17.6 Å². The molecule has 0 bridgehead atoms. The van der Waals surface area contributed by atoms with Crippen LogP contribution in [0.1, 0.15) is 31.2 Å². The number of alkyl halides is 2.